The molecule has 0 atom stereocenters. The number of hydrogen-bond donors (Lipinski definition) is 1. The van der Waals surface area contributed by atoms with E-state index in [4.69, 9.17) is 14.5 Å². The Kier molecular flexibility index (Phi) is 4.36. The fraction of sp³-hybridized carbons (Fsp3) is 0.471. The highest BCUT2D eigenvalue weighted by Gasteiger charge is 2.21. The zero-order chi connectivity index (χ0) is 14.7. The van der Waals surface area contributed by atoms with Crippen molar-refractivity contribution in [2.45, 2.75) is 26.5 Å². The van der Waals surface area contributed by atoms with Gasteiger partial charge >= 0.3 is 0 Å². The van der Waals surface area contributed by atoms with Crippen LogP contribution in [0.1, 0.15) is 19.5 Å². The Bertz CT molecular complexity index is 609. The average Bonchev–Trinajstić information content (AvgIpc) is 2.42. The lowest BCUT2D eigenvalue weighted by Crippen LogP contribution is -2.38. The molecule has 2 heterocycles. The molecule has 4 nitrogen and oxygen atoms in total. The highest BCUT2D eigenvalue weighted by molar-refractivity contribution is 5.85. The predicted molar refractivity (Wildman–Crippen MR) is 83.5 cm³/mol. The Morgan fingerprint density at radius 2 is 2.14 bits per heavy atom. The van der Waals surface area contributed by atoms with Gasteiger partial charge in [0.2, 0.25) is 0 Å². The SMILES string of the molecule is CC(C)CNCc1cc(OC2COC2)c2ccccc2n1. The van der Waals surface area contributed by atoms with Crippen LogP contribution < -0.4 is 10.1 Å². The van der Waals surface area contributed by atoms with Crippen molar-refractivity contribution < 1.29 is 9.47 Å². The average molecular weight is 286 g/mol. The topological polar surface area (TPSA) is 43.4 Å². The van der Waals surface area contributed by atoms with Crippen LogP contribution in [0.4, 0.5) is 0 Å². The van der Waals surface area contributed by atoms with Crippen molar-refractivity contribution in [3.05, 3.63) is 36.0 Å². The fourth-order valence-corrected chi connectivity index (χ4v) is 2.33. The highest BCUT2D eigenvalue weighted by atomic mass is 16.6. The first-order chi connectivity index (χ1) is 10.2. The number of fused-ring (bicyclic) bond motifs is 1. The van der Waals surface area contributed by atoms with Gasteiger partial charge in [-0.25, -0.2) is 0 Å². The third kappa shape index (κ3) is 3.52. The number of ether oxygens (including phenoxy) is 2. The number of hydrogen-bond acceptors (Lipinski definition) is 4. The van der Waals surface area contributed by atoms with Crippen LogP contribution in [0.25, 0.3) is 10.9 Å². The van der Waals surface area contributed by atoms with Crippen LogP contribution in [0.15, 0.2) is 30.3 Å². The molecular weight excluding hydrogens is 264 g/mol. The van der Waals surface area contributed by atoms with Crippen molar-refractivity contribution in [3.63, 3.8) is 0 Å². The lowest BCUT2D eigenvalue weighted by atomic mass is 10.1. The third-order valence-electron chi connectivity index (χ3n) is 3.49. The Morgan fingerprint density at radius 3 is 2.86 bits per heavy atom. The number of benzene rings is 1. The van der Waals surface area contributed by atoms with E-state index in [0.29, 0.717) is 19.1 Å². The van der Waals surface area contributed by atoms with Crippen molar-refractivity contribution in [3.8, 4) is 5.75 Å². The summed E-state index contributed by atoms with van der Waals surface area (Å²) in [6, 6.07) is 10.2. The maximum absolute atomic E-state index is 6.04. The normalized spacial score (nSPS) is 15.4. The molecule has 0 saturated carbocycles. The van der Waals surface area contributed by atoms with Crippen LogP contribution in [0.2, 0.25) is 0 Å². The van der Waals surface area contributed by atoms with Crippen LogP contribution in [0.5, 0.6) is 5.75 Å². The zero-order valence-corrected chi connectivity index (χ0v) is 12.6. The Balaban J connectivity index is 1.83. The van der Waals surface area contributed by atoms with Crippen LogP contribution >= 0.6 is 0 Å². The molecule has 0 bridgehead atoms. The van der Waals surface area contributed by atoms with E-state index in [1.165, 1.54) is 0 Å². The maximum Gasteiger partial charge on any atom is 0.145 e. The van der Waals surface area contributed by atoms with Crippen molar-refractivity contribution in [2.24, 2.45) is 5.92 Å². The zero-order valence-electron chi connectivity index (χ0n) is 12.6. The van der Waals surface area contributed by atoms with Crippen LogP contribution in [0.3, 0.4) is 0 Å². The van der Waals surface area contributed by atoms with Crippen LogP contribution in [0, 0.1) is 5.92 Å². The summed E-state index contributed by atoms with van der Waals surface area (Å²) in [6.07, 6.45) is 0.173. The molecule has 4 heteroatoms. The lowest BCUT2D eigenvalue weighted by Gasteiger charge is -2.27. The Morgan fingerprint density at radius 1 is 1.33 bits per heavy atom. The molecule has 0 aliphatic carbocycles. The number of rotatable bonds is 6. The molecule has 1 aromatic carbocycles. The van der Waals surface area contributed by atoms with Crippen LogP contribution in [-0.2, 0) is 11.3 Å². The number of nitrogens with zero attached hydrogens (tertiary/aromatic N) is 1. The molecule has 112 valence electrons. The monoisotopic (exact) mass is 286 g/mol. The van der Waals surface area contributed by atoms with Gasteiger partial charge in [0.05, 0.1) is 24.4 Å². The molecule has 2 aromatic rings. The Hall–Kier alpha value is -1.65. The summed E-state index contributed by atoms with van der Waals surface area (Å²) in [5.41, 5.74) is 2.00. The molecule has 1 aromatic heterocycles. The van der Waals surface area contributed by atoms with E-state index in [0.717, 1.165) is 35.4 Å². The molecule has 3 rings (SSSR count). The minimum Gasteiger partial charge on any atom is -0.485 e. The van der Waals surface area contributed by atoms with Gasteiger partial charge in [-0.1, -0.05) is 26.0 Å². The molecule has 0 radical (unpaired) electrons. The minimum atomic E-state index is 0.173. The second-order valence-corrected chi connectivity index (χ2v) is 5.93. The van der Waals surface area contributed by atoms with E-state index in [9.17, 15) is 0 Å². The predicted octanol–water partition coefficient (Wildman–Crippen LogP) is 2.76. The van der Waals surface area contributed by atoms with E-state index in [2.05, 4.69) is 25.2 Å². The molecule has 0 spiro atoms. The summed E-state index contributed by atoms with van der Waals surface area (Å²) in [5.74, 6) is 1.54. The standard InChI is InChI=1S/C17H22N2O2/c1-12(2)8-18-9-13-7-17(21-14-10-20-11-14)15-5-3-4-6-16(15)19-13/h3-7,12,14,18H,8-11H2,1-2H3. The maximum atomic E-state index is 6.04. The first kappa shape index (κ1) is 14.3. The molecule has 1 saturated heterocycles. The summed E-state index contributed by atoms with van der Waals surface area (Å²) in [4.78, 5) is 4.71. The van der Waals surface area contributed by atoms with Crippen molar-refractivity contribution in [2.75, 3.05) is 19.8 Å². The summed E-state index contributed by atoms with van der Waals surface area (Å²) in [7, 11) is 0. The van der Waals surface area contributed by atoms with Gasteiger partial charge in [-0.2, -0.15) is 0 Å². The van der Waals surface area contributed by atoms with E-state index < -0.39 is 0 Å². The summed E-state index contributed by atoms with van der Waals surface area (Å²) in [5, 5.41) is 4.50. The number of nitrogens with one attached hydrogen (secondary N) is 1. The molecule has 1 N–H and O–H groups in total. The fourth-order valence-electron chi connectivity index (χ4n) is 2.33. The highest BCUT2D eigenvalue weighted by Crippen LogP contribution is 2.27. The number of para-hydroxylation sites is 1. The molecule has 21 heavy (non-hydrogen) atoms. The van der Waals surface area contributed by atoms with Crippen molar-refractivity contribution in [1.29, 1.82) is 0 Å². The second kappa shape index (κ2) is 6.41. The van der Waals surface area contributed by atoms with Crippen molar-refractivity contribution in [1.82, 2.24) is 10.3 Å². The van der Waals surface area contributed by atoms with Gasteiger partial charge in [-0.3, -0.25) is 4.98 Å². The Labute approximate surface area is 125 Å². The van der Waals surface area contributed by atoms with Gasteiger partial charge in [-0.05, 0) is 24.6 Å². The van der Waals surface area contributed by atoms with E-state index >= 15 is 0 Å². The first-order valence-electron chi connectivity index (χ1n) is 7.56. The summed E-state index contributed by atoms with van der Waals surface area (Å²) in [6.45, 7) is 7.51. The summed E-state index contributed by atoms with van der Waals surface area (Å²) < 4.78 is 11.2. The first-order valence-corrected chi connectivity index (χ1v) is 7.56. The quantitative estimate of drug-likeness (QED) is 0.887. The summed E-state index contributed by atoms with van der Waals surface area (Å²) >= 11 is 0. The molecule has 1 aliphatic heterocycles. The van der Waals surface area contributed by atoms with E-state index in [1.807, 2.05) is 24.3 Å². The smallest absolute Gasteiger partial charge is 0.145 e. The molecule has 0 unspecified atom stereocenters. The number of aromatic nitrogens is 1. The van der Waals surface area contributed by atoms with E-state index in [1.54, 1.807) is 0 Å². The second-order valence-electron chi connectivity index (χ2n) is 5.93. The largest absolute Gasteiger partial charge is 0.485 e. The van der Waals surface area contributed by atoms with Crippen LogP contribution in [-0.4, -0.2) is 30.8 Å². The van der Waals surface area contributed by atoms with Gasteiger partial charge in [0.1, 0.15) is 11.9 Å². The van der Waals surface area contributed by atoms with Gasteiger partial charge < -0.3 is 14.8 Å². The molecule has 1 aliphatic rings. The lowest BCUT2D eigenvalue weighted by molar-refractivity contribution is -0.0791. The third-order valence-corrected chi connectivity index (χ3v) is 3.49. The number of pyridine rings is 1. The van der Waals surface area contributed by atoms with E-state index in [-0.39, 0.29) is 6.10 Å². The molecule has 0 amide bonds. The van der Waals surface area contributed by atoms with Crippen molar-refractivity contribution >= 4 is 10.9 Å². The van der Waals surface area contributed by atoms with Gasteiger partial charge in [-0.15, -0.1) is 0 Å². The van der Waals surface area contributed by atoms with Gasteiger partial charge in [0.15, 0.2) is 0 Å². The minimum absolute atomic E-state index is 0.173. The van der Waals surface area contributed by atoms with Gasteiger partial charge in [0, 0.05) is 18.0 Å². The molecule has 1 fully saturated rings. The molecular formula is C17H22N2O2. The van der Waals surface area contributed by atoms with Gasteiger partial charge in [0.25, 0.3) is 0 Å².